The van der Waals surface area contributed by atoms with Gasteiger partial charge in [0.1, 0.15) is 0 Å². The number of nitrogens with two attached hydrogens (primary N) is 1. The summed E-state index contributed by atoms with van der Waals surface area (Å²) in [5.41, 5.74) is 0.900. The van der Waals surface area contributed by atoms with E-state index < -0.39 is 0 Å². The molecule has 0 aliphatic heterocycles. The first kappa shape index (κ1) is 17.8. The minimum atomic E-state index is -0.274. The van der Waals surface area contributed by atoms with Crippen molar-refractivity contribution in [1.82, 2.24) is 20.2 Å². The lowest BCUT2D eigenvalue weighted by Gasteiger charge is -2.30. The molecule has 3 rings (SSSR count). The Bertz CT molecular complexity index is 718. The van der Waals surface area contributed by atoms with Crippen LogP contribution in [0.4, 0.5) is 0 Å². The standard InChI is InChI=1S/C18H25N5OS/c1-12-8-6-7-11-15(12)20-17(24)13(2)25-18-22-21-16(23(18)19)14-9-4-3-5-10-14/h3-5,9-10,12-13,15H,6-8,11,19H2,1-2H3,(H,20,24). The van der Waals surface area contributed by atoms with Crippen molar-refractivity contribution in [3.63, 3.8) is 0 Å². The maximum atomic E-state index is 12.5. The van der Waals surface area contributed by atoms with Crippen molar-refractivity contribution >= 4 is 17.7 Å². The van der Waals surface area contributed by atoms with Crippen LogP contribution in [0.5, 0.6) is 0 Å². The molecule has 3 unspecified atom stereocenters. The van der Waals surface area contributed by atoms with Crippen molar-refractivity contribution < 1.29 is 4.79 Å². The summed E-state index contributed by atoms with van der Waals surface area (Å²) in [7, 11) is 0. The Morgan fingerprint density at radius 2 is 2.00 bits per heavy atom. The Morgan fingerprint density at radius 3 is 2.72 bits per heavy atom. The Balaban J connectivity index is 1.64. The zero-order valence-electron chi connectivity index (χ0n) is 14.7. The number of thioether (sulfide) groups is 1. The molecule has 3 atom stereocenters. The molecule has 134 valence electrons. The van der Waals surface area contributed by atoms with Gasteiger partial charge in [-0.15, -0.1) is 10.2 Å². The molecule has 6 nitrogen and oxygen atoms in total. The summed E-state index contributed by atoms with van der Waals surface area (Å²) in [6, 6.07) is 9.94. The van der Waals surface area contributed by atoms with Gasteiger partial charge < -0.3 is 11.2 Å². The van der Waals surface area contributed by atoms with Crippen molar-refractivity contribution in [3.05, 3.63) is 30.3 Å². The summed E-state index contributed by atoms with van der Waals surface area (Å²) in [6.07, 6.45) is 4.70. The molecule has 1 fully saturated rings. The van der Waals surface area contributed by atoms with Gasteiger partial charge in [0.15, 0.2) is 5.82 Å². The second kappa shape index (κ2) is 7.91. The van der Waals surface area contributed by atoms with Crippen molar-refractivity contribution in [2.24, 2.45) is 5.92 Å². The predicted molar refractivity (Wildman–Crippen MR) is 100 cm³/mol. The predicted octanol–water partition coefficient (Wildman–Crippen LogP) is 2.83. The van der Waals surface area contributed by atoms with Crippen LogP contribution in [0.25, 0.3) is 11.4 Å². The minimum Gasteiger partial charge on any atom is -0.352 e. The second-order valence-electron chi connectivity index (χ2n) is 6.68. The third-order valence-electron chi connectivity index (χ3n) is 4.79. The molecule has 0 spiro atoms. The summed E-state index contributed by atoms with van der Waals surface area (Å²) in [5.74, 6) is 7.30. The van der Waals surface area contributed by atoms with Crippen LogP contribution < -0.4 is 11.2 Å². The molecule has 3 N–H and O–H groups in total. The number of hydrogen-bond acceptors (Lipinski definition) is 5. The van der Waals surface area contributed by atoms with E-state index in [1.165, 1.54) is 35.7 Å². The molecule has 0 radical (unpaired) electrons. The van der Waals surface area contributed by atoms with Gasteiger partial charge in [0, 0.05) is 11.6 Å². The highest BCUT2D eigenvalue weighted by atomic mass is 32.2. The summed E-state index contributed by atoms with van der Waals surface area (Å²) in [4.78, 5) is 12.5. The zero-order chi connectivity index (χ0) is 17.8. The van der Waals surface area contributed by atoms with Gasteiger partial charge in [0.2, 0.25) is 11.1 Å². The topological polar surface area (TPSA) is 85.8 Å². The third-order valence-corrected chi connectivity index (χ3v) is 5.84. The van der Waals surface area contributed by atoms with E-state index in [1.807, 2.05) is 37.3 Å². The van der Waals surface area contributed by atoms with E-state index in [0.29, 0.717) is 16.9 Å². The highest BCUT2D eigenvalue weighted by molar-refractivity contribution is 8.00. The number of aromatic nitrogens is 3. The first-order valence-corrected chi connectivity index (χ1v) is 9.67. The second-order valence-corrected chi connectivity index (χ2v) is 7.99. The third kappa shape index (κ3) is 4.15. The number of amides is 1. The molecule has 1 aromatic carbocycles. The van der Waals surface area contributed by atoms with Gasteiger partial charge >= 0.3 is 0 Å². The Labute approximate surface area is 152 Å². The molecule has 25 heavy (non-hydrogen) atoms. The SMILES string of the molecule is CC(Sc1nnc(-c2ccccc2)n1N)C(=O)NC1CCCCC1C. The fraction of sp³-hybridized carbons (Fsp3) is 0.500. The van der Waals surface area contributed by atoms with Gasteiger partial charge in [-0.05, 0) is 25.7 Å². The van der Waals surface area contributed by atoms with E-state index in [1.54, 1.807) is 0 Å². The highest BCUT2D eigenvalue weighted by Gasteiger charge is 2.26. The van der Waals surface area contributed by atoms with Gasteiger partial charge in [-0.3, -0.25) is 4.79 Å². The van der Waals surface area contributed by atoms with Crippen LogP contribution in [-0.4, -0.2) is 32.1 Å². The van der Waals surface area contributed by atoms with Crippen LogP contribution in [0.1, 0.15) is 39.5 Å². The average Bonchev–Trinajstić information content (AvgIpc) is 2.98. The van der Waals surface area contributed by atoms with Gasteiger partial charge in [-0.2, -0.15) is 0 Å². The van der Waals surface area contributed by atoms with E-state index >= 15 is 0 Å². The van der Waals surface area contributed by atoms with Crippen LogP contribution in [-0.2, 0) is 4.79 Å². The van der Waals surface area contributed by atoms with Crippen molar-refractivity contribution in [2.75, 3.05) is 5.84 Å². The number of carbonyl (C=O) groups excluding carboxylic acids is 1. The zero-order valence-corrected chi connectivity index (χ0v) is 15.5. The molecule has 0 bridgehead atoms. The molecule has 7 heteroatoms. The molecule has 1 aliphatic carbocycles. The lowest BCUT2D eigenvalue weighted by Crippen LogP contribution is -2.44. The number of nitrogens with one attached hydrogen (secondary N) is 1. The van der Waals surface area contributed by atoms with E-state index in [4.69, 9.17) is 5.84 Å². The molecule has 1 saturated carbocycles. The molecule has 0 saturated heterocycles. The number of nitrogen functional groups attached to an aromatic ring is 1. The number of hydrogen-bond donors (Lipinski definition) is 2. The number of rotatable bonds is 5. The Hall–Kier alpha value is -2.02. The fourth-order valence-electron chi connectivity index (χ4n) is 3.18. The summed E-state index contributed by atoms with van der Waals surface area (Å²) < 4.78 is 1.45. The van der Waals surface area contributed by atoms with Crippen molar-refractivity contribution in [1.29, 1.82) is 0 Å². The largest absolute Gasteiger partial charge is 0.352 e. The smallest absolute Gasteiger partial charge is 0.233 e. The van der Waals surface area contributed by atoms with Crippen molar-refractivity contribution in [3.8, 4) is 11.4 Å². The van der Waals surface area contributed by atoms with Crippen LogP contribution in [0.2, 0.25) is 0 Å². The molecule has 1 heterocycles. The molecular formula is C18H25N5OS. The highest BCUT2D eigenvalue weighted by Crippen LogP contribution is 2.27. The number of nitrogens with zero attached hydrogens (tertiary/aromatic N) is 3. The van der Waals surface area contributed by atoms with Crippen molar-refractivity contribution in [2.45, 2.75) is 56.0 Å². The van der Waals surface area contributed by atoms with E-state index in [9.17, 15) is 4.79 Å². The molecule has 1 aliphatic rings. The Morgan fingerprint density at radius 1 is 1.28 bits per heavy atom. The quantitative estimate of drug-likeness (QED) is 0.633. The van der Waals surface area contributed by atoms with E-state index in [2.05, 4.69) is 22.4 Å². The summed E-state index contributed by atoms with van der Waals surface area (Å²) >= 11 is 1.34. The van der Waals surface area contributed by atoms with Gasteiger partial charge in [-0.25, -0.2) is 4.68 Å². The van der Waals surface area contributed by atoms with Crippen LogP contribution in [0, 0.1) is 5.92 Å². The van der Waals surface area contributed by atoms with Crippen LogP contribution in [0.3, 0.4) is 0 Å². The van der Waals surface area contributed by atoms with E-state index in [0.717, 1.165) is 12.0 Å². The van der Waals surface area contributed by atoms with Gasteiger partial charge in [-0.1, -0.05) is 61.9 Å². The fourth-order valence-corrected chi connectivity index (χ4v) is 3.96. The molecular weight excluding hydrogens is 334 g/mol. The number of benzene rings is 1. The Kier molecular flexibility index (Phi) is 5.63. The molecule has 2 aromatic rings. The minimum absolute atomic E-state index is 0.0352. The van der Waals surface area contributed by atoms with Crippen LogP contribution in [0.15, 0.2) is 35.5 Å². The normalized spacial score (nSPS) is 21.7. The average molecular weight is 359 g/mol. The lowest BCUT2D eigenvalue weighted by atomic mass is 9.86. The van der Waals surface area contributed by atoms with Crippen LogP contribution >= 0.6 is 11.8 Å². The van der Waals surface area contributed by atoms with Gasteiger partial charge in [0.05, 0.1) is 5.25 Å². The maximum Gasteiger partial charge on any atom is 0.233 e. The summed E-state index contributed by atoms with van der Waals surface area (Å²) in [5, 5.41) is 11.8. The lowest BCUT2D eigenvalue weighted by molar-refractivity contribution is -0.121. The molecule has 1 aromatic heterocycles. The van der Waals surface area contributed by atoms with Gasteiger partial charge in [0.25, 0.3) is 0 Å². The number of carbonyl (C=O) groups is 1. The first-order valence-electron chi connectivity index (χ1n) is 8.79. The van der Waals surface area contributed by atoms with E-state index in [-0.39, 0.29) is 17.2 Å². The summed E-state index contributed by atoms with van der Waals surface area (Å²) in [6.45, 7) is 4.09. The first-order chi connectivity index (χ1) is 12.1. The molecule has 1 amide bonds. The maximum absolute atomic E-state index is 12.5. The monoisotopic (exact) mass is 359 g/mol.